The molecule has 0 aliphatic rings. The van der Waals surface area contributed by atoms with Gasteiger partial charge >= 0.3 is 0 Å². The monoisotopic (exact) mass is 250 g/mol. The van der Waals surface area contributed by atoms with Crippen LogP contribution in [0.15, 0.2) is 6.07 Å². The molecule has 0 unspecified atom stereocenters. The van der Waals surface area contributed by atoms with Gasteiger partial charge in [-0.05, 0) is 39.4 Å². The minimum absolute atomic E-state index is 0.848. The average Bonchev–Trinajstić information content (AvgIpc) is 2.38. The molecule has 0 aliphatic carbocycles. The number of nitrogens with one attached hydrogen (secondary N) is 1. The highest BCUT2D eigenvalue weighted by atomic mass is 15.1. The fourth-order valence-corrected chi connectivity index (χ4v) is 1.96. The molecule has 1 heterocycles. The third-order valence-corrected chi connectivity index (χ3v) is 3.10. The molecular formula is C14H26N4. The van der Waals surface area contributed by atoms with Crippen LogP contribution in [0.2, 0.25) is 0 Å². The molecule has 4 heteroatoms. The summed E-state index contributed by atoms with van der Waals surface area (Å²) in [4.78, 5) is 11.2. The number of rotatable bonds is 8. The van der Waals surface area contributed by atoms with Crippen LogP contribution in [0, 0.1) is 6.92 Å². The van der Waals surface area contributed by atoms with E-state index in [4.69, 9.17) is 0 Å². The van der Waals surface area contributed by atoms with Gasteiger partial charge in [0.1, 0.15) is 11.6 Å². The van der Waals surface area contributed by atoms with Gasteiger partial charge in [-0.25, -0.2) is 9.97 Å². The first-order chi connectivity index (χ1) is 8.69. The molecule has 0 aromatic carbocycles. The van der Waals surface area contributed by atoms with E-state index in [2.05, 4.69) is 41.0 Å². The molecule has 0 aliphatic heterocycles. The van der Waals surface area contributed by atoms with Gasteiger partial charge in [0.2, 0.25) is 0 Å². The molecule has 18 heavy (non-hydrogen) atoms. The first-order valence-corrected chi connectivity index (χ1v) is 7.00. The molecule has 1 aromatic heterocycles. The van der Waals surface area contributed by atoms with Gasteiger partial charge in [0, 0.05) is 18.3 Å². The lowest BCUT2D eigenvalue weighted by Crippen LogP contribution is -2.25. The number of hydrogen-bond acceptors (Lipinski definition) is 4. The second-order valence-corrected chi connectivity index (χ2v) is 4.45. The van der Waals surface area contributed by atoms with E-state index in [1.165, 1.54) is 0 Å². The maximum Gasteiger partial charge on any atom is 0.129 e. The summed E-state index contributed by atoms with van der Waals surface area (Å²) in [6.45, 7) is 12.8. The predicted molar refractivity (Wildman–Crippen MR) is 77.0 cm³/mol. The van der Waals surface area contributed by atoms with Gasteiger partial charge in [0.05, 0.1) is 0 Å². The van der Waals surface area contributed by atoms with Crippen molar-refractivity contribution in [3.63, 3.8) is 0 Å². The van der Waals surface area contributed by atoms with E-state index in [0.717, 1.165) is 56.4 Å². The van der Waals surface area contributed by atoms with Crippen molar-refractivity contribution >= 4 is 5.82 Å². The molecule has 0 spiro atoms. The lowest BCUT2D eigenvalue weighted by atomic mass is 10.3. The summed E-state index contributed by atoms with van der Waals surface area (Å²) in [5, 5.41) is 3.39. The van der Waals surface area contributed by atoms with E-state index in [9.17, 15) is 0 Å². The largest absolute Gasteiger partial charge is 0.370 e. The summed E-state index contributed by atoms with van der Waals surface area (Å²) in [5.74, 6) is 1.81. The molecule has 0 amide bonds. The van der Waals surface area contributed by atoms with Crippen molar-refractivity contribution in [1.29, 1.82) is 0 Å². The molecule has 0 saturated heterocycles. The highest BCUT2D eigenvalue weighted by Gasteiger charge is 2.01. The molecule has 1 N–H and O–H groups in total. The molecule has 1 aromatic rings. The van der Waals surface area contributed by atoms with Crippen LogP contribution in [0.4, 0.5) is 5.82 Å². The van der Waals surface area contributed by atoms with Crippen molar-refractivity contribution in [2.24, 2.45) is 0 Å². The van der Waals surface area contributed by atoms with E-state index < -0.39 is 0 Å². The summed E-state index contributed by atoms with van der Waals surface area (Å²) in [7, 11) is 0. The maximum absolute atomic E-state index is 4.40. The molecule has 1 rings (SSSR count). The fourth-order valence-electron chi connectivity index (χ4n) is 1.96. The van der Waals surface area contributed by atoms with Crippen LogP contribution >= 0.6 is 0 Å². The zero-order chi connectivity index (χ0) is 13.4. The Morgan fingerprint density at radius 1 is 1.17 bits per heavy atom. The van der Waals surface area contributed by atoms with E-state index in [0.29, 0.717) is 0 Å². The Kier molecular flexibility index (Phi) is 6.65. The second-order valence-electron chi connectivity index (χ2n) is 4.45. The Morgan fingerprint density at radius 3 is 2.50 bits per heavy atom. The zero-order valence-corrected chi connectivity index (χ0v) is 12.2. The molecule has 102 valence electrons. The lowest BCUT2D eigenvalue weighted by molar-refractivity contribution is 0.303. The van der Waals surface area contributed by atoms with Crippen LogP contribution in [-0.4, -0.2) is 41.0 Å². The molecule has 0 radical (unpaired) electrons. The predicted octanol–water partition coefficient (Wildman–Crippen LogP) is 2.49. The summed E-state index contributed by atoms with van der Waals surface area (Å²) in [6, 6.07) is 2.05. The van der Waals surface area contributed by atoms with Crippen molar-refractivity contribution in [2.75, 3.05) is 31.5 Å². The second kappa shape index (κ2) is 8.03. The van der Waals surface area contributed by atoms with E-state index in [-0.39, 0.29) is 0 Å². The number of aromatic nitrogens is 2. The quantitative estimate of drug-likeness (QED) is 0.720. The summed E-state index contributed by atoms with van der Waals surface area (Å²) >= 11 is 0. The molecule has 0 bridgehead atoms. The van der Waals surface area contributed by atoms with Crippen molar-refractivity contribution < 1.29 is 0 Å². The minimum atomic E-state index is 0.848. The third kappa shape index (κ3) is 5.00. The normalized spacial score (nSPS) is 10.9. The average molecular weight is 250 g/mol. The van der Waals surface area contributed by atoms with Gasteiger partial charge in [0.15, 0.2) is 0 Å². The summed E-state index contributed by atoms with van der Waals surface area (Å²) in [6.07, 6.45) is 2.10. The van der Waals surface area contributed by atoms with Crippen molar-refractivity contribution in [2.45, 2.75) is 40.5 Å². The van der Waals surface area contributed by atoms with Crippen LogP contribution in [0.1, 0.15) is 38.7 Å². The molecule has 4 nitrogen and oxygen atoms in total. The molecular weight excluding hydrogens is 224 g/mol. The number of hydrogen-bond donors (Lipinski definition) is 1. The topological polar surface area (TPSA) is 41.0 Å². The Balaban J connectivity index is 2.37. The van der Waals surface area contributed by atoms with Crippen molar-refractivity contribution in [1.82, 2.24) is 14.9 Å². The van der Waals surface area contributed by atoms with Gasteiger partial charge < -0.3 is 10.2 Å². The lowest BCUT2D eigenvalue weighted by Gasteiger charge is -2.17. The smallest absolute Gasteiger partial charge is 0.129 e. The Hall–Kier alpha value is -1.16. The van der Waals surface area contributed by atoms with Crippen LogP contribution in [0.5, 0.6) is 0 Å². The Bertz CT molecular complexity index is 348. The zero-order valence-electron chi connectivity index (χ0n) is 12.2. The van der Waals surface area contributed by atoms with Gasteiger partial charge in [-0.1, -0.05) is 20.8 Å². The Labute approximate surface area is 111 Å². The van der Waals surface area contributed by atoms with Crippen molar-refractivity contribution in [3.8, 4) is 0 Å². The fraction of sp³-hybridized carbons (Fsp3) is 0.714. The van der Waals surface area contributed by atoms with Crippen LogP contribution < -0.4 is 5.32 Å². The van der Waals surface area contributed by atoms with Gasteiger partial charge in [-0.15, -0.1) is 0 Å². The standard InChI is InChI=1S/C14H26N4/c1-5-13-11-14(17-12(4)16-13)15-9-8-10-18(6-2)7-3/h11H,5-10H2,1-4H3,(H,15,16,17). The minimum Gasteiger partial charge on any atom is -0.370 e. The SMILES string of the molecule is CCc1cc(NCCCN(CC)CC)nc(C)n1. The van der Waals surface area contributed by atoms with Gasteiger partial charge in [-0.2, -0.15) is 0 Å². The molecule has 0 saturated carbocycles. The van der Waals surface area contributed by atoms with Crippen molar-refractivity contribution in [3.05, 3.63) is 17.6 Å². The highest BCUT2D eigenvalue weighted by Crippen LogP contribution is 2.07. The molecule has 0 fully saturated rings. The van der Waals surface area contributed by atoms with Crippen LogP contribution in [0.3, 0.4) is 0 Å². The third-order valence-electron chi connectivity index (χ3n) is 3.10. The maximum atomic E-state index is 4.40. The number of aryl methyl sites for hydroxylation is 2. The number of nitrogens with zero attached hydrogens (tertiary/aromatic N) is 3. The van der Waals surface area contributed by atoms with Crippen LogP contribution in [0.25, 0.3) is 0 Å². The highest BCUT2D eigenvalue weighted by molar-refractivity contribution is 5.35. The van der Waals surface area contributed by atoms with E-state index in [1.807, 2.05) is 13.0 Å². The van der Waals surface area contributed by atoms with Crippen LogP contribution in [-0.2, 0) is 6.42 Å². The van der Waals surface area contributed by atoms with E-state index in [1.54, 1.807) is 0 Å². The summed E-state index contributed by atoms with van der Waals surface area (Å²) < 4.78 is 0. The van der Waals surface area contributed by atoms with E-state index >= 15 is 0 Å². The summed E-state index contributed by atoms with van der Waals surface area (Å²) in [5.41, 5.74) is 1.11. The van der Waals surface area contributed by atoms with Gasteiger partial charge in [0.25, 0.3) is 0 Å². The molecule has 0 atom stereocenters. The first-order valence-electron chi connectivity index (χ1n) is 7.00. The number of anilines is 1. The first kappa shape index (κ1) is 14.9. The van der Waals surface area contributed by atoms with Gasteiger partial charge in [-0.3, -0.25) is 0 Å². The Morgan fingerprint density at radius 2 is 1.89 bits per heavy atom.